The molecular weight excluding hydrogens is 296 g/mol. The van der Waals surface area contributed by atoms with E-state index in [9.17, 15) is 4.79 Å². The quantitative estimate of drug-likeness (QED) is 0.762. The van der Waals surface area contributed by atoms with Crippen molar-refractivity contribution in [3.05, 3.63) is 78.0 Å². The van der Waals surface area contributed by atoms with Crippen LogP contribution in [0.1, 0.15) is 31.1 Å². The molecule has 0 fully saturated rings. The van der Waals surface area contributed by atoms with E-state index in [-0.39, 0.29) is 17.9 Å². The summed E-state index contributed by atoms with van der Waals surface area (Å²) in [7, 11) is 0. The van der Waals surface area contributed by atoms with E-state index in [1.807, 2.05) is 68.4 Å². The molecule has 3 nitrogen and oxygen atoms in total. The normalized spacial score (nSPS) is 12.3. The highest BCUT2D eigenvalue weighted by Crippen LogP contribution is 2.20. The van der Waals surface area contributed by atoms with E-state index in [1.54, 1.807) is 0 Å². The number of para-hydroxylation sites is 1. The average Bonchev–Trinajstić information content (AvgIpc) is 2.61. The first-order chi connectivity index (χ1) is 11.6. The lowest BCUT2D eigenvalue weighted by molar-refractivity contribution is -0.124. The summed E-state index contributed by atoms with van der Waals surface area (Å²) in [6.45, 7) is 3.82. The van der Waals surface area contributed by atoms with Gasteiger partial charge in [-0.2, -0.15) is 0 Å². The van der Waals surface area contributed by atoms with E-state index < -0.39 is 0 Å². The van der Waals surface area contributed by atoms with Gasteiger partial charge in [-0.05, 0) is 17.7 Å². The molecule has 1 aromatic heterocycles. The molecule has 122 valence electrons. The molecule has 0 radical (unpaired) electrons. The average molecular weight is 318 g/mol. The van der Waals surface area contributed by atoms with Crippen molar-refractivity contribution >= 4 is 16.8 Å². The highest BCUT2D eigenvalue weighted by Gasteiger charge is 2.17. The number of benzene rings is 2. The Labute approximate surface area is 142 Å². The number of fused-ring (bicyclic) bond motifs is 1. The summed E-state index contributed by atoms with van der Waals surface area (Å²) in [5, 5.41) is 4.28. The van der Waals surface area contributed by atoms with Gasteiger partial charge in [0.05, 0.1) is 11.6 Å². The first kappa shape index (κ1) is 16.2. The Kier molecular flexibility index (Phi) is 4.90. The fourth-order valence-electron chi connectivity index (χ4n) is 2.71. The summed E-state index contributed by atoms with van der Waals surface area (Å²) in [4.78, 5) is 16.9. The van der Waals surface area contributed by atoms with Crippen LogP contribution in [0, 0.1) is 5.92 Å². The largest absolute Gasteiger partial charge is 0.349 e. The molecule has 1 heterocycles. The summed E-state index contributed by atoms with van der Waals surface area (Å²) in [6.07, 6.45) is 0.674. The summed E-state index contributed by atoms with van der Waals surface area (Å²) in [6, 6.07) is 22.2. The van der Waals surface area contributed by atoms with E-state index in [2.05, 4.69) is 17.4 Å². The SMILES string of the molecule is CC(C)C(=O)N[C@H](Cc1ccc2ccccc2n1)c1ccccc1. The van der Waals surface area contributed by atoms with Crippen LogP contribution < -0.4 is 5.32 Å². The zero-order valence-corrected chi connectivity index (χ0v) is 14.1. The molecule has 0 aliphatic rings. The van der Waals surface area contributed by atoms with Crippen molar-refractivity contribution in [1.82, 2.24) is 10.3 Å². The van der Waals surface area contributed by atoms with Gasteiger partial charge in [0.15, 0.2) is 0 Å². The second-order valence-electron chi connectivity index (χ2n) is 6.33. The molecule has 1 amide bonds. The van der Waals surface area contributed by atoms with Crippen molar-refractivity contribution in [3.8, 4) is 0 Å². The molecule has 3 aromatic rings. The van der Waals surface area contributed by atoms with Gasteiger partial charge in [-0.3, -0.25) is 9.78 Å². The molecule has 0 saturated heterocycles. The van der Waals surface area contributed by atoms with Crippen molar-refractivity contribution < 1.29 is 4.79 Å². The van der Waals surface area contributed by atoms with Gasteiger partial charge in [0.1, 0.15) is 0 Å². The number of amides is 1. The summed E-state index contributed by atoms with van der Waals surface area (Å²) in [5.74, 6) is 0.0189. The van der Waals surface area contributed by atoms with Crippen molar-refractivity contribution in [3.63, 3.8) is 0 Å². The standard InChI is InChI=1S/C21H22N2O/c1-15(2)21(24)23-20(16-8-4-3-5-9-16)14-18-13-12-17-10-6-7-11-19(17)22-18/h3-13,15,20H,14H2,1-2H3,(H,23,24)/t20-/m1/s1. The highest BCUT2D eigenvalue weighted by atomic mass is 16.1. The Hall–Kier alpha value is -2.68. The molecule has 24 heavy (non-hydrogen) atoms. The Morgan fingerprint density at radius 3 is 2.42 bits per heavy atom. The Morgan fingerprint density at radius 1 is 0.958 bits per heavy atom. The topological polar surface area (TPSA) is 42.0 Å². The predicted octanol–water partition coefficient (Wildman–Crippen LogP) is 4.29. The lowest BCUT2D eigenvalue weighted by Crippen LogP contribution is -2.33. The van der Waals surface area contributed by atoms with E-state index in [0.29, 0.717) is 6.42 Å². The number of nitrogens with one attached hydrogen (secondary N) is 1. The van der Waals surface area contributed by atoms with E-state index in [1.165, 1.54) is 0 Å². The number of hydrogen-bond donors (Lipinski definition) is 1. The van der Waals surface area contributed by atoms with Crippen LogP contribution in [0.2, 0.25) is 0 Å². The third-order valence-electron chi connectivity index (χ3n) is 4.11. The monoisotopic (exact) mass is 318 g/mol. The predicted molar refractivity (Wildman–Crippen MR) is 97.6 cm³/mol. The molecule has 3 rings (SSSR count). The maximum absolute atomic E-state index is 12.2. The molecule has 0 aliphatic heterocycles. The van der Waals surface area contributed by atoms with Crippen molar-refractivity contribution in [2.75, 3.05) is 0 Å². The molecule has 2 aromatic carbocycles. The Balaban J connectivity index is 1.88. The molecule has 0 bridgehead atoms. The van der Waals surface area contributed by atoms with E-state index in [4.69, 9.17) is 4.98 Å². The molecule has 3 heteroatoms. The van der Waals surface area contributed by atoms with Crippen LogP contribution in [0.15, 0.2) is 66.7 Å². The maximum Gasteiger partial charge on any atom is 0.223 e. The molecule has 0 unspecified atom stereocenters. The molecule has 1 atom stereocenters. The van der Waals surface area contributed by atoms with Crippen LogP contribution in [0.4, 0.5) is 0 Å². The lowest BCUT2D eigenvalue weighted by Gasteiger charge is -2.20. The Morgan fingerprint density at radius 2 is 1.67 bits per heavy atom. The number of carbonyl (C=O) groups is 1. The van der Waals surface area contributed by atoms with Gasteiger partial charge in [-0.25, -0.2) is 0 Å². The first-order valence-electron chi connectivity index (χ1n) is 8.33. The minimum Gasteiger partial charge on any atom is -0.349 e. The summed E-state index contributed by atoms with van der Waals surface area (Å²) < 4.78 is 0. The minimum atomic E-state index is -0.0743. The fourth-order valence-corrected chi connectivity index (χ4v) is 2.71. The van der Waals surface area contributed by atoms with Crippen LogP contribution in [-0.2, 0) is 11.2 Å². The van der Waals surface area contributed by atoms with Crippen molar-refractivity contribution in [1.29, 1.82) is 0 Å². The van der Waals surface area contributed by atoms with Gasteiger partial charge in [-0.15, -0.1) is 0 Å². The molecule has 0 spiro atoms. The third kappa shape index (κ3) is 3.80. The number of carbonyl (C=O) groups excluding carboxylic acids is 1. The van der Waals surface area contributed by atoms with Gasteiger partial charge in [0, 0.05) is 23.4 Å². The van der Waals surface area contributed by atoms with E-state index >= 15 is 0 Å². The van der Waals surface area contributed by atoms with Gasteiger partial charge < -0.3 is 5.32 Å². The number of aromatic nitrogens is 1. The van der Waals surface area contributed by atoms with E-state index in [0.717, 1.165) is 22.2 Å². The van der Waals surface area contributed by atoms with Crippen LogP contribution >= 0.6 is 0 Å². The number of nitrogens with zero attached hydrogens (tertiary/aromatic N) is 1. The van der Waals surface area contributed by atoms with Crippen LogP contribution in [0.3, 0.4) is 0 Å². The van der Waals surface area contributed by atoms with Crippen LogP contribution in [0.5, 0.6) is 0 Å². The molecule has 0 saturated carbocycles. The highest BCUT2D eigenvalue weighted by molar-refractivity contribution is 5.79. The summed E-state index contributed by atoms with van der Waals surface area (Å²) >= 11 is 0. The third-order valence-corrected chi connectivity index (χ3v) is 4.11. The van der Waals surface area contributed by atoms with Crippen molar-refractivity contribution in [2.24, 2.45) is 5.92 Å². The van der Waals surface area contributed by atoms with Gasteiger partial charge >= 0.3 is 0 Å². The van der Waals surface area contributed by atoms with Crippen LogP contribution in [0.25, 0.3) is 10.9 Å². The zero-order valence-electron chi connectivity index (χ0n) is 14.1. The molecular formula is C21H22N2O. The van der Waals surface area contributed by atoms with Gasteiger partial charge in [-0.1, -0.05) is 68.4 Å². The maximum atomic E-state index is 12.2. The first-order valence-corrected chi connectivity index (χ1v) is 8.33. The lowest BCUT2D eigenvalue weighted by atomic mass is 10.00. The van der Waals surface area contributed by atoms with Crippen LogP contribution in [-0.4, -0.2) is 10.9 Å². The second kappa shape index (κ2) is 7.26. The minimum absolute atomic E-state index is 0.0409. The second-order valence-corrected chi connectivity index (χ2v) is 6.33. The number of hydrogen-bond acceptors (Lipinski definition) is 2. The number of rotatable bonds is 5. The molecule has 0 aliphatic carbocycles. The summed E-state index contributed by atoms with van der Waals surface area (Å²) in [5.41, 5.74) is 3.06. The van der Waals surface area contributed by atoms with Crippen molar-refractivity contribution in [2.45, 2.75) is 26.3 Å². The molecule has 1 N–H and O–H groups in total. The number of pyridine rings is 1. The zero-order chi connectivity index (χ0) is 16.9. The smallest absolute Gasteiger partial charge is 0.223 e. The Bertz CT molecular complexity index is 827. The fraction of sp³-hybridized carbons (Fsp3) is 0.238. The van der Waals surface area contributed by atoms with Gasteiger partial charge in [0.2, 0.25) is 5.91 Å². The van der Waals surface area contributed by atoms with Gasteiger partial charge in [0.25, 0.3) is 0 Å².